The molecule has 0 aliphatic heterocycles. The molecule has 0 bridgehead atoms. The summed E-state index contributed by atoms with van der Waals surface area (Å²) < 4.78 is 17.5. The highest BCUT2D eigenvalue weighted by atomic mass is 16.7. The molecule has 0 heterocycles. The first kappa shape index (κ1) is 22.1. The molecular formula is C27H32O3. The van der Waals surface area contributed by atoms with Gasteiger partial charge >= 0.3 is 0 Å². The minimum absolute atomic E-state index is 0.320. The largest absolute Gasteiger partial charge is 0.465 e. The summed E-state index contributed by atoms with van der Waals surface area (Å²) in [5.41, 5.74) is 4.92. The molecule has 2 unspecified atom stereocenters. The Hall–Kier alpha value is -2.62. The Morgan fingerprint density at radius 1 is 0.767 bits per heavy atom. The van der Waals surface area contributed by atoms with Gasteiger partial charge in [-0.3, -0.25) is 0 Å². The van der Waals surface area contributed by atoms with Crippen molar-refractivity contribution in [2.45, 2.75) is 46.0 Å². The summed E-state index contributed by atoms with van der Waals surface area (Å²) in [7, 11) is 0. The predicted octanol–water partition coefficient (Wildman–Crippen LogP) is 6.83. The van der Waals surface area contributed by atoms with Gasteiger partial charge < -0.3 is 14.2 Å². The van der Waals surface area contributed by atoms with E-state index >= 15 is 0 Å². The van der Waals surface area contributed by atoms with Crippen LogP contribution in [0.3, 0.4) is 0 Å². The van der Waals surface area contributed by atoms with Crippen LogP contribution in [0.2, 0.25) is 0 Å². The minimum atomic E-state index is -0.320. The van der Waals surface area contributed by atoms with E-state index in [2.05, 4.69) is 68.4 Å². The molecule has 3 rings (SSSR count). The van der Waals surface area contributed by atoms with Crippen molar-refractivity contribution in [2.75, 3.05) is 13.2 Å². The maximum atomic E-state index is 5.86. The lowest BCUT2D eigenvalue weighted by Gasteiger charge is -2.17. The zero-order valence-corrected chi connectivity index (χ0v) is 18.2. The van der Waals surface area contributed by atoms with E-state index in [0.29, 0.717) is 25.7 Å². The molecule has 3 heteroatoms. The number of hydrogen-bond donors (Lipinski definition) is 0. The molecule has 2 atom stereocenters. The van der Waals surface area contributed by atoms with E-state index in [1.54, 1.807) is 0 Å². The van der Waals surface area contributed by atoms with Crippen molar-refractivity contribution in [3.63, 3.8) is 0 Å². The van der Waals surface area contributed by atoms with E-state index in [1.165, 1.54) is 22.3 Å². The number of ether oxygens (including phenoxy) is 3. The van der Waals surface area contributed by atoms with E-state index in [4.69, 9.17) is 14.2 Å². The normalized spacial score (nSPS) is 13.0. The number of benzene rings is 3. The molecule has 3 nitrogen and oxygen atoms in total. The van der Waals surface area contributed by atoms with Gasteiger partial charge in [0, 0.05) is 0 Å². The van der Waals surface area contributed by atoms with Crippen LogP contribution in [0.5, 0.6) is 5.75 Å². The first-order valence-corrected chi connectivity index (χ1v) is 10.8. The van der Waals surface area contributed by atoms with Crippen molar-refractivity contribution in [3.05, 3.63) is 90.0 Å². The molecule has 3 aromatic rings. The average molecular weight is 405 g/mol. The van der Waals surface area contributed by atoms with Crippen LogP contribution in [-0.4, -0.2) is 19.5 Å². The Kier molecular flexibility index (Phi) is 8.49. The highest BCUT2D eigenvalue weighted by Crippen LogP contribution is 2.24. The molecule has 0 aliphatic rings. The van der Waals surface area contributed by atoms with Crippen LogP contribution >= 0.6 is 0 Å². The summed E-state index contributed by atoms with van der Waals surface area (Å²) in [4.78, 5) is 0. The van der Waals surface area contributed by atoms with Crippen LogP contribution in [0.4, 0.5) is 0 Å². The SMILES string of the molecule is CCC(C)c1ccc(OC(C)OCCOCc2ccccc2-c2ccccc2)cc1. The fraction of sp³-hybridized carbons (Fsp3) is 0.333. The number of hydrogen-bond acceptors (Lipinski definition) is 3. The van der Waals surface area contributed by atoms with Crippen LogP contribution in [0.1, 0.15) is 44.2 Å². The first-order chi connectivity index (χ1) is 14.7. The van der Waals surface area contributed by atoms with Crippen molar-refractivity contribution in [2.24, 2.45) is 0 Å². The van der Waals surface area contributed by atoms with E-state index in [9.17, 15) is 0 Å². The molecule has 0 aliphatic carbocycles. The fourth-order valence-corrected chi connectivity index (χ4v) is 3.34. The second-order valence-electron chi connectivity index (χ2n) is 7.51. The summed E-state index contributed by atoms with van der Waals surface area (Å²) in [5, 5.41) is 0. The van der Waals surface area contributed by atoms with Crippen molar-refractivity contribution in [3.8, 4) is 16.9 Å². The second-order valence-corrected chi connectivity index (χ2v) is 7.51. The average Bonchev–Trinajstić information content (AvgIpc) is 2.79. The summed E-state index contributed by atoms with van der Waals surface area (Å²) in [6.07, 6.45) is 0.815. The third-order valence-electron chi connectivity index (χ3n) is 5.30. The molecule has 0 spiro atoms. The van der Waals surface area contributed by atoms with Crippen LogP contribution in [-0.2, 0) is 16.1 Å². The summed E-state index contributed by atoms with van der Waals surface area (Å²) in [6, 6.07) is 27.0. The predicted molar refractivity (Wildman–Crippen MR) is 123 cm³/mol. The molecule has 0 aromatic heterocycles. The van der Waals surface area contributed by atoms with E-state index < -0.39 is 0 Å². The molecule has 0 radical (unpaired) electrons. The van der Waals surface area contributed by atoms with Gasteiger partial charge in [-0.1, -0.05) is 80.6 Å². The summed E-state index contributed by atoms with van der Waals surface area (Å²) in [6.45, 7) is 7.91. The van der Waals surface area contributed by atoms with Gasteiger partial charge in [-0.05, 0) is 53.6 Å². The van der Waals surface area contributed by atoms with Gasteiger partial charge in [0.1, 0.15) is 5.75 Å². The molecular weight excluding hydrogens is 372 g/mol. The Bertz CT molecular complexity index is 874. The maximum Gasteiger partial charge on any atom is 0.197 e. The number of rotatable bonds is 11. The van der Waals surface area contributed by atoms with E-state index in [-0.39, 0.29) is 6.29 Å². The van der Waals surface area contributed by atoms with Crippen LogP contribution in [0, 0.1) is 0 Å². The van der Waals surface area contributed by atoms with E-state index in [1.807, 2.05) is 31.2 Å². The van der Waals surface area contributed by atoms with Gasteiger partial charge in [0.15, 0.2) is 6.29 Å². The summed E-state index contributed by atoms with van der Waals surface area (Å²) >= 11 is 0. The molecule has 0 saturated carbocycles. The van der Waals surface area contributed by atoms with Crippen molar-refractivity contribution >= 4 is 0 Å². The standard InChI is InChI=1S/C27H32O3/c1-4-21(2)23-14-16-26(17-15-23)30-22(3)29-19-18-28-20-25-12-8-9-13-27(25)24-10-6-5-7-11-24/h5-17,21-22H,4,18-20H2,1-3H3. The molecule has 0 fully saturated rings. The highest BCUT2D eigenvalue weighted by Gasteiger charge is 2.07. The Balaban J connectivity index is 1.41. The topological polar surface area (TPSA) is 27.7 Å². The Morgan fingerprint density at radius 2 is 1.47 bits per heavy atom. The molecule has 158 valence electrons. The second kappa shape index (κ2) is 11.5. The highest BCUT2D eigenvalue weighted by molar-refractivity contribution is 5.67. The molecule has 30 heavy (non-hydrogen) atoms. The van der Waals surface area contributed by atoms with Crippen molar-refractivity contribution in [1.82, 2.24) is 0 Å². The lowest BCUT2D eigenvalue weighted by molar-refractivity contribution is -0.0848. The van der Waals surface area contributed by atoms with Crippen LogP contribution < -0.4 is 4.74 Å². The maximum absolute atomic E-state index is 5.86. The van der Waals surface area contributed by atoms with Crippen LogP contribution in [0.15, 0.2) is 78.9 Å². The van der Waals surface area contributed by atoms with Gasteiger partial charge in [0.05, 0.1) is 19.8 Å². The monoisotopic (exact) mass is 404 g/mol. The van der Waals surface area contributed by atoms with Gasteiger partial charge in [-0.25, -0.2) is 0 Å². The summed E-state index contributed by atoms with van der Waals surface area (Å²) in [5.74, 6) is 1.39. The Morgan fingerprint density at radius 3 is 2.20 bits per heavy atom. The molecule has 3 aromatic carbocycles. The van der Waals surface area contributed by atoms with Gasteiger partial charge in [-0.15, -0.1) is 0 Å². The fourth-order valence-electron chi connectivity index (χ4n) is 3.34. The zero-order chi connectivity index (χ0) is 21.2. The first-order valence-electron chi connectivity index (χ1n) is 10.8. The lowest BCUT2D eigenvalue weighted by Crippen LogP contribution is -2.19. The molecule has 0 saturated heterocycles. The quantitative estimate of drug-likeness (QED) is 0.259. The Labute approximate surface area is 180 Å². The van der Waals surface area contributed by atoms with Crippen LogP contribution in [0.25, 0.3) is 11.1 Å². The smallest absolute Gasteiger partial charge is 0.197 e. The van der Waals surface area contributed by atoms with Gasteiger partial charge in [-0.2, -0.15) is 0 Å². The molecule has 0 amide bonds. The minimum Gasteiger partial charge on any atom is -0.465 e. The van der Waals surface area contributed by atoms with Crippen molar-refractivity contribution < 1.29 is 14.2 Å². The van der Waals surface area contributed by atoms with Gasteiger partial charge in [0.25, 0.3) is 0 Å². The third kappa shape index (κ3) is 6.45. The molecule has 0 N–H and O–H groups in total. The zero-order valence-electron chi connectivity index (χ0n) is 18.2. The van der Waals surface area contributed by atoms with Gasteiger partial charge in [0.2, 0.25) is 0 Å². The lowest BCUT2D eigenvalue weighted by atomic mass is 9.99. The van der Waals surface area contributed by atoms with Crippen molar-refractivity contribution in [1.29, 1.82) is 0 Å². The third-order valence-corrected chi connectivity index (χ3v) is 5.30. The van der Waals surface area contributed by atoms with E-state index in [0.717, 1.165) is 12.2 Å².